The number of hydrogen-bond donors (Lipinski definition) is 2. The number of carbonyl (C=O) groups is 3. The minimum absolute atomic E-state index is 0. The molecule has 1 aliphatic rings. The fraction of sp³-hybridized carbons (Fsp3) is 0.370. The smallest absolute Gasteiger partial charge is 0.375 e. The molecule has 0 fully saturated rings. The number of ether oxygens (including phenoxy) is 2. The van der Waals surface area contributed by atoms with Gasteiger partial charge in [-0.15, -0.1) is 17.0 Å². The molecule has 1 aromatic heterocycles. The zero-order valence-electron chi connectivity index (χ0n) is 22.3. The van der Waals surface area contributed by atoms with Gasteiger partial charge < -0.3 is 24.3 Å². The summed E-state index contributed by atoms with van der Waals surface area (Å²) in [4.78, 5) is 44.2. The van der Waals surface area contributed by atoms with E-state index in [4.69, 9.17) is 14.9 Å². The number of halogens is 1. The fourth-order valence-electron chi connectivity index (χ4n) is 4.28. The number of Topliss-reactive ketones (excluding diaryl/α,β-unsaturated/α-hetero) is 1. The van der Waals surface area contributed by atoms with Crippen molar-refractivity contribution < 1.29 is 23.9 Å². The number of nitrogens with one attached hydrogen (secondary N) is 2. The molecule has 0 atom stereocenters. The SMILES string of the molecule is Br.CCOc1cc2c(cc1C(=O)NC)C(=N)N(CC(=O)c1ccc3nc(C(=O)OC(C)(C)C)n(C)c3c1)C2. The maximum atomic E-state index is 13.2. The van der Waals surface area contributed by atoms with Crippen molar-refractivity contribution in [3.8, 4) is 5.75 Å². The summed E-state index contributed by atoms with van der Waals surface area (Å²) in [6.45, 7) is 7.93. The zero-order valence-corrected chi connectivity index (χ0v) is 24.0. The van der Waals surface area contributed by atoms with Crippen LogP contribution in [-0.2, 0) is 18.3 Å². The third-order valence-electron chi connectivity index (χ3n) is 6.03. The summed E-state index contributed by atoms with van der Waals surface area (Å²) < 4.78 is 12.7. The number of rotatable bonds is 7. The van der Waals surface area contributed by atoms with E-state index in [1.807, 2.05) is 6.92 Å². The maximum absolute atomic E-state index is 13.2. The highest BCUT2D eigenvalue weighted by atomic mass is 79.9. The Labute approximate surface area is 231 Å². The Balaban J connectivity index is 0.00000400. The van der Waals surface area contributed by atoms with E-state index in [1.165, 1.54) is 7.05 Å². The number of nitrogens with zero attached hydrogens (tertiary/aromatic N) is 3. The minimum Gasteiger partial charge on any atom is -0.493 e. The summed E-state index contributed by atoms with van der Waals surface area (Å²) in [5.74, 6) is -0.248. The average Bonchev–Trinajstić information content (AvgIpc) is 3.33. The molecular formula is C27H32BrN5O5. The van der Waals surface area contributed by atoms with Crippen LogP contribution in [0.5, 0.6) is 5.75 Å². The number of fused-ring (bicyclic) bond motifs is 2. The molecule has 10 nitrogen and oxygen atoms in total. The van der Waals surface area contributed by atoms with Gasteiger partial charge in [-0.05, 0) is 63.6 Å². The summed E-state index contributed by atoms with van der Waals surface area (Å²) in [5, 5.41) is 11.2. The van der Waals surface area contributed by atoms with Crippen LogP contribution in [0.2, 0.25) is 0 Å². The van der Waals surface area contributed by atoms with Crippen molar-refractivity contribution in [2.75, 3.05) is 20.2 Å². The molecule has 2 heterocycles. The molecule has 1 aliphatic heterocycles. The Morgan fingerprint density at radius 2 is 1.87 bits per heavy atom. The van der Waals surface area contributed by atoms with Crippen LogP contribution in [0.15, 0.2) is 30.3 Å². The average molecular weight is 586 g/mol. The van der Waals surface area contributed by atoms with Crippen LogP contribution >= 0.6 is 17.0 Å². The molecule has 0 saturated carbocycles. The summed E-state index contributed by atoms with van der Waals surface area (Å²) in [5.41, 5.74) is 2.75. The standard InChI is InChI=1S/C27H31N5O5.BrH/c1-7-36-22-11-16-13-32(23(28)17(16)12-18(22)25(34)29-5)14-21(33)15-8-9-19-20(10-15)31(6)24(30-19)26(35)37-27(2,3)4;/h8-12,28H,7,13-14H2,1-6H3,(H,29,34);1H. The van der Waals surface area contributed by atoms with E-state index < -0.39 is 11.6 Å². The van der Waals surface area contributed by atoms with Crippen molar-refractivity contribution in [3.63, 3.8) is 0 Å². The second-order valence-electron chi connectivity index (χ2n) is 9.85. The van der Waals surface area contributed by atoms with E-state index in [0.29, 0.717) is 46.6 Å². The summed E-state index contributed by atoms with van der Waals surface area (Å²) in [6.07, 6.45) is 0. The van der Waals surface area contributed by atoms with Gasteiger partial charge in [0.1, 0.15) is 17.2 Å². The van der Waals surface area contributed by atoms with Gasteiger partial charge >= 0.3 is 5.97 Å². The maximum Gasteiger partial charge on any atom is 0.375 e. The Bertz CT molecular complexity index is 1440. The second kappa shape index (κ2) is 10.9. The number of amidine groups is 1. The molecular weight excluding hydrogens is 554 g/mol. The predicted molar refractivity (Wildman–Crippen MR) is 149 cm³/mol. The third kappa shape index (κ3) is 5.57. The number of aryl methyl sites for hydroxylation is 1. The number of benzene rings is 2. The lowest BCUT2D eigenvalue weighted by Gasteiger charge is -2.19. The molecule has 0 aliphatic carbocycles. The monoisotopic (exact) mass is 585 g/mol. The van der Waals surface area contributed by atoms with Gasteiger partial charge in [-0.25, -0.2) is 9.78 Å². The molecule has 0 bridgehead atoms. The number of hydrogen-bond acceptors (Lipinski definition) is 7. The van der Waals surface area contributed by atoms with E-state index >= 15 is 0 Å². The van der Waals surface area contributed by atoms with Crippen molar-refractivity contribution in [1.82, 2.24) is 19.8 Å². The fourth-order valence-corrected chi connectivity index (χ4v) is 4.28. The van der Waals surface area contributed by atoms with Gasteiger partial charge in [0.15, 0.2) is 5.78 Å². The number of amides is 1. The topological polar surface area (TPSA) is 127 Å². The normalized spacial score (nSPS) is 12.7. The van der Waals surface area contributed by atoms with E-state index in [-0.39, 0.29) is 46.9 Å². The van der Waals surface area contributed by atoms with Crippen LogP contribution in [0.4, 0.5) is 0 Å². The second-order valence-corrected chi connectivity index (χ2v) is 9.85. The quantitative estimate of drug-likeness (QED) is 0.318. The molecule has 3 aromatic rings. The van der Waals surface area contributed by atoms with Crippen molar-refractivity contribution in [3.05, 3.63) is 58.4 Å². The van der Waals surface area contributed by atoms with Gasteiger partial charge in [0.25, 0.3) is 5.91 Å². The van der Waals surface area contributed by atoms with Crippen molar-refractivity contribution in [2.45, 2.75) is 39.8 Å². The van der Waals surface area contributed by atoms with Crippen LogP contribution in [0.25, 0.3) is 11.0 Å². The number of ketones is 1. The van der Waals surface area contributed by atoms with Crippen LogP contribution in [0, 0.1) is 5.41 Å². The first-order chi connectivity index (χ1) is 17.4. The predicted octanol–water partition coefficient (Wildman–Crippen LogP) is 3.89. The van der Waals surface area contributed by atoms with Crippen LogP contribution in [-0.4, -0.2) is 63.7 Å². The van der Waals surface area contributed by atoms with E-state index in [9.17, 15) is 14.4 Å². The Morgan fingerprint density at radius 1 is 1.16 bits per heavy atom. The highest BCUT2D eigenvalue weighted by Gasteiger charge is 2.29. The molecule has 0 unspecified atom stereocenters. The van der Waals surface area contributed by atoms with Gasteiger partial charge in [-0.2, -0.15) is 0 Å². The van der Waals surface area contributed by atoms with Gasteiger partial charge in [0.05, 0.1) is 29.7 Å². The summed E-state index contributed by atoms with van der Waals surface area (Å²) >= 11 is 0. The van der Waals surface area contributed by atoms with Crippen molar-refractivity contribution >= 4 is 51.5 Å². The first-order valence-corrected chi connectivity index (χ1v) is 12.0. The Hall–Kier alpha value is -3.73. The van der Waals surface area contributed by atoms with E-state index in [2.05, 4.69) is 10.3 Å². The van der Waals surface area contributed by atoms with Gasteiger partial charge in [0.2, 0.25) is 5.82 Å². The van der Waals surface area contributed by atoms with Gasteiger partial charge in [0, 0.05) is 31.8 Å². The molecule has 11 heteroatoms. The van der Waals surface area contributed by atoms with Crippen LogP contribution in [0.1, 0.15) is 70.2 Å². The molecule has 2 aromatic carbocycles. The first-order valence-electron chi connectivity index (χ1n) is 12.0. The first kappa shape index (κ1) is 28.8. The highest BCUT2D eigenvalue weighted by molar-refractivity contribution is 8.93. The largest absolute Gasteiger partial charge is 0.493 e. The number of imidazole rings is 1. The van der Waals surface area contributed by atoms with Gasteiger partial charge in [-0.1, -0.05) is 0 Å². The lowest BCUT2D eigenvalue weighted by molar-refractivity contribution is 0.00523. The summed E-state index contributed by atoms with van der Waals surface area (Å²) in [6, 6.07) is 8.47. The molecule has 0 radical (unpaired) electrons. The third-order valence-corrected chi connectivity index (χ3v) is 6.03. The molecule has 38 heavy (non-hydrogen) atoms. The lowest BCUT2D eigenvalue weighted by atomic mass is 10.0. The summed E-state index contributed by atoms with van der Waals surface area (Å²) in [7, 11) is 3.24. The molecule has 4 rings (SSSR count). The molecule has 2 N–H and O–H groups in total. The molecule has 1 amide bonds. The Kier molecular flexibility index (Phi) is 8.30. The number of esters is 1. The highest BCUT2D eigenvalue weighted by Crippen LogP contribution is 2.31. The van der Waals surface area contributed by atoms with Crippen molar-refractivity contribution in [2.24, 2.45) is 7.05 Å². The number of carbonyl (C=O) groups excluding carboxylic acids is 3. The zero-order chi connectivity index (χ0) is 27.1. The van der Waals surface area contributed by atoms with Gasteiger partial charge in [-0.3, -0.25) is 15.0 Å². The number of aromatic nitrogens is 2. The minimum atomic E-state index is -0.654. The lowest BCUT2D eigenvalue weighted by Crippen LogP contribution is -2.30. The van der Waals surface area contributed by atoms with Crippen molar-refractivity contribution in [1.29, 1.82) is 5.41 Å². The van der Waals surface area contributed by atoms with E-state index in [0.717, 1.165) is 5.56 Å². The molecule has 0 spiro atoms. The Morgan fingerprint density at radius 3 is 2.50 bits per heavy atom. The van der Waals surface area contributed by atoms with E-state index in [1.54, 1.807) is 67.6 Å². The van der Waals surface area contributed by atoms with Crippen LogP contribution < -0.4 is 10.1 Å². The molecule has 0 saturated heterocycles. The molecule has 202 valence electrons. The van der Waals surface area contributed by atoms with Crippen LogP contribution in [0.3, 0.4) is 0 Å².